The summed E-state index contributed by atoms with van der Waals surface area (Å²) in [7, 11) is 0. The maximum atomic E-state index is 2.61. The molecule has 0 heteroatoms. The summed E-state index contributed by atoms with van der Waals surface area (Å²) in [6.07, 6.45) is 12.2. The molecule has 0 bridgehead atoms. The van der Waals surface area contributed by atoms with E-state index in [1.165, 1.54) is 149 Å². The van der Waals surface area contributed by atoms with E-state index in [4.69, 9.17) is 0 Å². The van der Waals surface area contributed by atoms with Gasteiger partial charge in [0.05, 0.1) is 0 Å². The molecule has 0 aliphatic heterocycles. The monoisotopic (exact) mass is 698 g/mol. The molecule has 266 valence electrons. The van der Waals surface area contributed by atoms with Crippen molar-refractivity contribution in [1.82, 2.24) is 0 Å². The molecule has 0 nitrogen and oxygen atoms in total. The predicted molar refractivity (Wildman–Crippen MR) is 238 cm³/mol. The Bertz CT molecular complexity index is 2600. The molecule has 0 heterocycles. The predicted octanol–water partition coefficient (Wildman–Crippen LogP) is 16.2. The minimum absolute atomic E-state index is 1.09. The van der Waals surface area contributed by atoms with Gasteiger partial charge in [0.15, 0.2) is 0 Å². The lowest BCUT2D eigenvalue weighted by atomic mass is 9.84. The first-order valence-electron chi connectivity index (χ1n) is 20.5. The van der Waals surface area contributed by atoms with E-state index in [-0.39, 0.29) is 0 Å². The Kier molecular flexibility index (Phi) is 9.60. The van der Waals surface area contributed by atoms with Gasteiger partial charge in [0.25, 0.3) is 0 Å². The molecule has 0 fully saturated rings. The number of unbranched alkanes of at least 4 members (excludes halogenated alkanes) is 6. The van der Waals surface area contributed by atoms with Crippen LogP contribution in [0.3, 0.4) is 0 Å². The van der Waals surface area contributed by atoms with E-state index >= 15 is 0 Å². The number of aryl methyl sites for hydroxylation is 2. The molecular formula is C54H50. The van der Waals surface area contributed by atoms with E-state index in [0.717, 1.165) is 12.8 Å². The first-order chi connectivity index (χ1) is 26.7. The Morgan fingerprint density at radius 2 is 0.630 bits per heavy atom. The summed E-state index contributed by atoms with van der Waals surface area (Å²) in [6, 6.07) is 55.9. The average molecular weight is 699 g/mol. The first kappa shape index (κ1) is 34.3. The van der Waals surface area contributed by atoms with E-state index in [2.05, 4.69) is 159 Å². The van der Waals surface area contributed by atoms with Crippen LogP contribution in [0.5, 0.6) is 0 Å². The first-order valence-corrected chi connectivity index (χ1v) is 20.5. The van der Waals surface area contributed by atoms with Gasteiger partial charge in [-0.05, 0) is 172 Å². The zero-order valence-electron chi connectivity index (χ0n) is 31.9. The van der Waals surface area contributed by atoms with Gasteiger partial charge in [0, 0.05) is 0 Å². The van der Waals surface area contributed by atoms with Crippen molar-refractivity contribution in [2.45, 2.75) is 78.1 Å². The van der Waals surface area contributed by atoms with Crippen molar-refractivity contribution in [3.8, 4) is 22.3 Å². The Labute approximate surface area is 320 Å². The molecule has 0 aliphatic carbocycles. The maximum absolute atomic E-state index is 2.61. The summed E-state index contributed by atoms with van der Waals surface area (Å²) in [5, 5.41) is 15.8. The normalized spacial score (nSPS) is 11.9. The molecular weight excluding hydrogens is 649 g/mol. The maximum Gasteiger partial charge on any atom is -0.00989 e. The lowest BCUT2D eigenvalue weighted by Crippen LogP contribution is -1.99. The molecule has 0 unspecified atom stereocenters. The van der Waals surface area contributed by atoms with E-state index in [9.17, 15) is 0 Å². The van der Waals surface area contributed by atoms with Gasteiger partial charge >= 0.3 is 0 Å². The lowest BCUT2D eigenvalue weighted by molar-refractivity contribution is 0.664. The smallest absolute Gasteiger partial charge is 0.00989 e. The third kappa shape index (κ3) is 6.64. The van der Waals surface area contributed by atoms with Crippen LogP contribution in [0.25, 0.3) is 86.9 Å². The zero-order valence-corrected chi connectivity index (χ0v) is 31.9. The number of rotatable bonds is 12. The molecule has 9 aromatic rings. The van der Waals surface area contributed by atoms with Gasteiger partial charge in [0.2, 0.25) is 0 Å². The second-order valence-electron chi connectivity index (χ2n) is 15.6. The van der Waals surface area contributed by atoms with Crippen molar-refractivity contribution in [1.29, 1.82) is 0 Å². The van der Waals surface area contributed by atoms with Crippen LogP contribution in [0.4, 0.5) is 0 Å². The fourth-order valence-electron chi connectivity index (χ4n) is 9.00. The topological polar surface area (TPSA) is 0 Å². The fraction of sp³-hybridized carbons (Fsp3) is 0.222. The molecule has 0 aromatic heterocycles. The van der Waals surface area contributed by atoms with Gasteiger partial charge in [-0.2, -0.15) is 0 Å². The second-order valence-corrected chi connectivity index (χ2v) is 15.6. The molecule has 0 amide bonds. The Morgan fingerprint density at radius 3 is 1.02 bits per heavy atom. The number of fused-ring (bicyclic) bond motifs is 6. The van der Waals surface area contributed by atoms with Crippen LogP contribution >= 0.6 is 0 Å². The van der Waals surface area contributed by atoms with E-state index in [1.54, 1.807) is 0 Å². The quantitative estimate of drug-likeness (QED) is 0.0880. The zero-order chi connectivity index (χ0) is 36.4. The molecule has 9 aromatic carbocycles. The molecule has 0 saturated heterocycles. The van der Waals surface area contributed by atoms with E-state index in [1.807, 2.05) is 0 Å². The van der Waals surface area contributed by atoms with E-state index < -0.39 is 0 Å². The minimum atomic E-state index is 1.09. The summed E-state index contributed by atoms with van der Waals surface area (Å²) < 4.78 is 0. The molecule has 0 radical (unpaired) electrons. The summed E-state index contributed by atoms with van der Waals surface area (Å²) >= 11 is 0. The lowest BCUT2D eigenvalue weighted by Gasteiger charge is -2.20. The molecule has 0 atom stereocenters. The van der Waals surface area contributed by atoms with Crippen LogP contribution in [0.1, 0.15) is 76.3 Å². The summed E-state index contributed by atoms with van der Waals surface area (Å²) in [5.41, 5.74) is 8.53. The van der Waals surface area contributed by atoms with Crippen molar-refractivity contribution in [3.63, 3.8) is 0 Å². The molecule has 0 N–H and O–H groups in total. The standard InChI is InChI=1S/C54H50/c1-3-5-7-9-21-43-33-52(50-26-16-24-42-32-46-28-38-18-12-14-20-40(38)30-48(46)36-54(42)50)44(22-10-8-6-4-2)34-51(43)49-25-15-23-41-31-45-27-37-17-11-13-19-39(37)29-47(45)35-53(41)49/h11-20,23-36H,3-10,21-22H2,1-2H3. The van der Waals surface area contributed by atoms with Crippen molar-refractivity contribution in [2.24, 2.45) is 0 Å². The highest BCUT2D eigenvalue weighted by Crippen LogP contribution is 2.41. The Hall–Kier alpha value is -5.46. The van der Waals surface area contributed by atoms with Crippen LogP contribution in [0, 0.1) is 0 Å². The second kappa shape index (κ2) is 15.1. The molecule has 0 saturated carbocycles. The van der Waals surface area contributed by atoms with Crippen molar-refractivity contribution < 1.29 is 0 Å². The SMILES string of the molecule is CCCCCCc1cc(-c2cccc3cc4cc5ccccc5cc4cc23)c(CCCCCC)cc1-c1cccc2cc3cc4ccccc4cc3cc12. The molecule has 54 heavy (non-hydrogen) atoms. The van der Waals surface area contributed by atoms with Gasteiger partial charge < -0.3 is 0 Å². The average Bonchev–Trinajstić information content (AvgIpc) is 3.20. The van der Waals surface area contributed by atoms with Crippen LogP contribution < -0.4 is 0 Å². The third-order valence-corrected chi connectivity index (χ3v) is 11.9. The van der Waals surface area contributed by atoms with Crippen molar-refractivity contribution in [3.05, 3.63) is 157 Å². The Morgan fingerprint density at radius 1 is 0.278 bits per heavy atom. The summed E-state index contributed by atoms with van der Waals surface area (Å²) in [4.78, 5) is 0. The minimum Gasteiger partial charge on any atom is -0.0654 e. The number of benzene rings is 9. The summed E-state index contributed by atoms with van der Waals surface area (Å²) in [5.74, 6) is 0. The van der Waals surface area contributed by atoms with Crippen LogP contribution in [-0.4, -0.2) is 0 Å². The van der Waals surface area contributed by atoms with Crippen LogP contribution in [-0.2, 0) is 12.8 Å². The molecule has 9 rings (SSSR count). The van der Waals surface area contributed by atoms with Gasteiger partial charge in [-0.25, -0.2) is 0 Å². The van der Waals surface area contributed by atoms with Gasteiger partial charge in [-0.15, -0.1) is 0 Å². The third-order valence-electron chi connectivity index (χ3n) is 11.9. The Balaban J connectivity index is 1.25. The largest absolute Gasteiger partial charge is 0.0654 e. The van der Waals surface area contributed by atoms with Crippen LogP contribution in [0.2, 0.25) is 0 Å². The highest BCUT2D eigenvalue weighted by atomic mass is 14.2. The van der Waals surface area contributed by atoms with Gasteiger partial charge in [-0.3, -0.25) is 0 Å². The highest BCUT2D eigenvalue weighted by Gasteiger charge is 2.18. The molecule has 0 aliphatic rings. The van der Waals surface area contributed by atoms with Crippen molar-refractivity contribution in [2.75, 3.05) is 0 Å². The number of hydrogen-bond donors (Lipinski definition) is 0. The number of hydrogen-bond acceptors (Lipinski definition) is 0. The van der Waals surface area contributed by atoms with Gasteiger partial charge in [0.1, 0.15) is 0 Å². The van der Waals surface area contributed by atoms with Gasteiger partial charge in [-0.1, -0.05) is 149 Å². The van der Waals surface area contributed by atoms with E-state index in [0.29, 0.717) is 0 Å². The molecule has 0 spiro atoms. The fourth-order valence-corrected chi connectivity index (χ4v) is 9.00. The highest BCUT2D eigenvalue weighted by molar-refractivity contribution is 6.11. The van der Waals surface area contributed by atoms with Crippen molar-refractivity contribution >= 4 is 64.6 Å². The van der Waals surface area contributed by atoms with Crippen LogP contribution in [0.15, 0.2) is 146 Å². The summed E-state index contributed by atoms with van der Waals surface area (Å²) in [6.45, 7) is 4.63.